The molecule has 5 nitrogen and oxygen atoms in total. The van der Waals surface area contributed by atoms with E-state index in [2.05, 4.69) is 0 Å². The minimum atomic E-state index is -0.892. The van der Waals surface area contributed by atoms with E-state index in [1.165, 1.54) is 4.90 Å². The first kappa shape index (κ1) is 13.3. The number of carboxylic acids is 1. The van der Waals surface area contributed by atoms with Gasteiger partial charge in [0.1, 0.15) is 6.04 Å². The maximum atomic E-state index is 12.2. The number of aliphatic carboxylic acids is 1. The molecular formula is C13H22N2O3. The molecule has 2 fully saturated rings. The van der Waals surface area contributed by atoms with Gasteiger partial charge in [0.05, 0.1) is 6.04 Å². The molecule has 1 aliphatic carbocycles. The van der Waals surface area contributed by atoms with Crippen LogP contribution in [-0.2, 0) is 9.59 Å². The monoisotopic (exact) mass is 254 g/mol. The smallest absolute Gasteiger partial charge is 0.326 e. The Morgan fingerprint density at radius 1 is 1.44 bits per heavy atom. The van der Waals surface area contributed by atoms with Crippen LogP contribution in [-0.4, -0.2) is 40.5 Å². The summed E-state index contributed by atoms with van der Waals surface area (Å²) in [5.74, 6) is -0.550. The van der Waals surface area contributed by atoms with Crippen LogP contribution in [0, 0.1) is 17.3 Å². The van der Waals surface area contributed by atoms with Gasteiger partial charge in [-0.05, 0) is 30.1 Å². The van der Waals surface area contributed by atoms with Gasteiger partial charge in [-0.25, -0.2) is 4.79 Å². The number of rotatable bonds is 3. The number of likely N-dealkylation sites (tertiary alicyclic amines) is 1. The molecule has 2 aliphatic rings. The third-order valence-electron chi connectivity index (χ3n) is 3.84. The molecule has 2 rings (SSSR count). The van der Waals surface area contributed by atoms with E-state index < -0.39 is 18.1 Å². The predicted molar refractivity (Wildman–Crippen MR) is 66.8 cm³/mol. The van der Waals surface area contributed by atoms with Crippen LogP contribution in [0.2, 0.25) is 0 Å². The Morgan fingerprint density at radius 2 is 2.06 bits per heavy atom. The lowest BCUT2D eigenvalue weighted by atomic mass is 9.88. The lowest BCUT2D eigenvalue weighted by Crippen LogP contribution is -2.51. The number of piperidine rings is 1. The largest absolute Gasteiger partial charge is 0.480 e. The van der Waals surface area contributed by atoms with Crippen LogP contribution in [0.5, 0.6) is 0 Å². The van der Waals surface area contributed by atoms with Crippen molar-refractivity contribution >= 4 is 11.9 Å². The lowest BCUT2D eigenvalue weighted by Gasteiger charge is -2.30. The Balaban J connectivity index is 2.03. The summed E-state index contributed by atoms with van der Waals surface area (Å²) in [6, 6.07) is -1.24. The SMILES string of the molecule is CC(C)(C)C[C@@H](N)C(=O)N1C[C@@H]2C[C@@H]2[C@H]1C(=O)O. The zero-order valence-corrected chi connectivity index (χ0v) is 11.2. The minimum Gasteiger partial charge on any atom is -0.480 e. The second-order valence-electron chi connectivity index (χ2n) is 6.80. The van der Waals surface area contributed by atoms with Gasteiger partial charge in [-0.3, -0.25) is 4.79 Å². The summed E-state index contributed by atoms with van der Waals surface area (Å²) in [5, 5.41) is 9.21. The molecule has 1 heterocycles. The van der Waals surface area contributed by atoms with Crippen molar-refractivity contribution in [2.24, 2.45) is 23.0 Å². The highest BCUT2D eigenvalue weighted by atomic mass is 16.4. The molecule has 5 heteroatoms. The average Bonchev–Trinajstić information content (AvgIpc) is 2.84. The van der Waals surface area contributed by atoms with Crippen LogP contribution < -0.4 is 5.73 Å². The van der Waals surface area contributed by atoms with Gasteiger partial charge < -0.3 is 15.7 Å². The maximum Gasteiger partial charge on any atom is 0.326 e. The number of carbonyl (C=O) groups is 2. The Hall–Kier alpha value is -1.10. The predicted octanol–water partition coefficient (Wildman–Crippen LogP) is 0.681. The molecule has 1 aliphatic heterocycles. The van der Waals surface area contributed by atoms with Crippen molar-refractivity contribution in [3.63, 3.8) is 0 Å². The Bertz CT molecular complexity index is 375. The van der Waals surface area contributed by atoms with Crippen LogP contribution in [0.4, 0.5) is 0 Å². The van der Waals surface area contributed by atoms with Gasteiger partial charge in [0, 0.05) is 6.54 Å². The highest BCUT2D eigenvalue weighted by Gasteiger charge is 2.57. The molecule has 0 unspecified atom stereocenters. The van der Waals surface area contributed by atoms with Crippen molar-refractivity contribution in [2.75, 3.05) is 6.54 Å². The third-order valence-corrected chi connectivity index (χ3v) is 3.84. The number of hydrogen-bond donors (Lipinski definition) is 2. The van der Waals surface area contributed by atoms with Crippen LogP contribution in [0.15, 0.2) is 0 Å². The summed E-state index contributed by atoms with van der Waals surface area (Å²) in [6.45, 7) is 6.64. The van der Waals surface area contributed by atoms with Crippen molar-refractivity contribution in [1.29, 1.82) is 0 Å². The van der Waals surface area contributed by atoms with Crippen LogP contribution in [0.1, 0.15) is 33.6 Å². The summed E-state index contributed by atoms with van der Waals surface area (Å²) in [4.78, 5) is 25.0. The van der Waals surface area contributed by atoms with E-state index in [1.807, 2.05) is 20.8 Å². The van der Waals surface area contributed by atoms with Gasteiger partial charge >= 0.3 is 5.97 Å². The molecule has 18 heavy (non-hydrogen) atoms. The van der Waals surface area contributed by atoms with Crippen LogP contribution in [0.3, 0.4) is 0 Å². The van der Waals surface area contributed by atoms with E-state index in [0.29, 0.717) is 18.9 Å². The average molecular weight is 254 g/mol. The topological polar surface area (TPSA) is 83.6 Å². The van der Waals surface area contributed by atoms with Crippen LogP contribution >= 0.6 is 0 Å². The molecule has 1 saturated carbocycles. The molecule has 102 valence electrons. The van der Waals surface area contributed by atoms with Crippen molar-refractivity contribution in [3.8, 4) is 0 Å². The zero-order valence-electron chi connectivity index (χ0n) is 11.2. The first-order chi connectivity index (χ1) is 8.20. The molecule has 0 bridgehead atoms. The Kier molecular flexibility index (Phi) is 3.13. The van der Waals surface area contributed by atoms with Gasteiger partial charge in [-0.2, -0.15) is 0 Å². The van der Waals surface area contributed by atoms with Crippen LogP contribution in [0.25, 0.3) is 0 Å². The highest BCUT2D eigenvalue weighted by molar-refractivity contribution is 5.88. The van der Waals surface area contributed by atoms with Crippen molar-refractivity contribution in [1.82, 2.24) is 4.90 Å². The lowest BCUT2D eigenvalue weighted by molar-refractivity contribution is -0.150. The van der Waals surface area contributed by atoms with Gasteiger partial charge in [0.15, 0.2) is 0 Å². The fraction of sp³-hybridized carbons (Fsp3) is 0.846. The fourth-order valence-corrected chi connectivity index (χ4v) is 2.97. The van der Waals surface area contributed by atoms with Crippen molar-refractivity contribution in [2.45, 2.75) is 45.7 Å². The van der Waals surface area contributed by atoms with Gasteiger partial charge in [-0.1, -0.05) is 20.8 Å². The molecule has 0 aromatic heterocycles. The van der Waals surface area contributed by atoms with Gasteiger partial charge in [0.25, 0.3) is 0 Å². The molecular weight excluding hydrogens is 232 g/mol. The number of fused-ring (bicyclic) bond motifs is 1. The number of nitrogens with zero attached hydrogens (tertiary/aromatic N) is 1. The number of carboxylic acid groups (broad SMARTS) is 1. The van der Waals surface area contributed by atoms with Crippen molar-refractivity contribution < 1.29 is 14.7 Å². The molecule has 1 saturated heterocycles. The number of hydrogen-bond acceptors (Lipinski definition) is 3. The third kappa shape index (κ3) is 2.51. The molecule has 4 atom stereocenters. The summed E-state index contributed by atoms with van der Waals surface area (Å²) in [6.07, 6.45) is 1.51. The molecule has 0 spiro atoms. The first-order valence-corrected chi connectivity index (χ1v) is 6.49. The summed E-state index contributed by atoms with van der Waals surface area (Å²) >= 11 is 0. The number of nitrogens with two attached hydrogens (primary N) is 1. The summed E-state index contributed by atoms with van der Waals surface area (Å²) in [7, 11) is 0. The molecule has 0 aromatic rings. The number of carbonyl (C=O) groups excluding carboxylic acids is 1. The number of amides is 1. The van der Waals surface area contributed by atoms with E-state index in [1.54, 1.807) is 0 Å². The summed E-state index contributed by atoms with van der Waals surface area (Å²) < 4.78 is 0. The van der Waals surface area contributed by atoms with E-state index in [9.17, 15) is 14.7 Å². The summed E-state index contributed by atoms with van der Waals surface area (Å²) in [5.41, 5.74) is 5.89. The van der Waals surface area contributed by atoms with E-state index in [4.69, 9.17) is 5.73 Å². The highest BCUT2D eigenvalue weighted by Crippen LogP contribution is 2.49. The van der Waals surface area contributed by atoms with E-state index in [0.717, 1.165) is 6.42 Å². The van der Waals surface area contributed by atoms with E-state index >= 15 is 0 Å². The minimum absolute atomic E-state index is 0.0313. The Labute approximate surface area is 107 Å². The Morgan fingerprint density at radius 3 is 2.56 bits per heavy atom. The molecule has 3 N–H and O–H groups in total. The van der Waals surface area contributed by atoms with Gasteiger partial charge in [0.2, 0.25) is 5.91 Å². The van der Waals surface area contributed by atoms with Crippen molar-refractivity contribution in [3.05, 3.63) is 0 Å². The normalized spacial score (nSPS) is 32.0. The molecule has 0 aromatic carbocycles. The zero-order chi connectivity index (χ0) is 13.7. The molecule has 1 amide bonds. The first-order valence-electron chi connectivity index (χ1n) is 6.49. The second kappa shape index (κ2) is 4.23. The second-order valence-corrected chi connectivity index (χ2v) is 6.80. The fourth-order valence-electron chi connectivity index (χ4n) is 2.97. The standard InChI is InChI=1S/C13H22N2O3/c1-13(2,3)5-9(14)11(16)15-6-7-4-8(7)10(15)12(17)18/h7-10H,4-6,14H2,1-3H3,(H,17,18)/t7-,8-,9+,10-/m0/s1. The van der Waals surface area contributed by atoms with Gasteiger partial charge in [-0.15, -0.1) is 0 Å². The quantitative estimate of drug-likeness (QED) is 0.776. The van der Waals surface area contributed by atoms with E-state index in [-0.39, 0.29) is 17.2 Å². The molecule has 0 radical (unpaired) electrons. The maximum absolute atomic E-state index is 12.2.